The Labute approximate surface area is 197 Å². The number of rotatable bonds is 6. The van der Waals surface area contributed by atoms with Crippen LogP contribution >= 0.6 is 0 Å². The molecule has 1 aliphatic carbocycles. The van der Waals surface area contributed by atoms with Crippen LogP contribution in [0.5, 0.6) is 5.75 Å². The van der Waals surface area contributed by atoms with E-state index in [4.69, 9.17) is 4.74 Å². The van der Waals surface area contributed by atoms with Gasteiger partial charge >= 0.3 is 6.09 Å². The van der Waals surface area contributed by atoms with Gasteiger partial charge in [-0.15, -0.1) is 0 Å². The van der Waals surface area contributed by atoms with Gasteiger partial charge in [0.1, 0.15) is 23.4 Å². The highest BCUT2D eigenvalue weighted by Crippen LogP contribution is 2.41. The molecule has 33 heavy (non-hydrogen) atoms. The Balaban J connectivity index is 2.43. The number of hydrogen-bond acceptors (Lipinski definition) is 5. The fraction of sp³-hybridized carbons (Fsp3) is 0.640. The molecule has 0 aliphatic heterocycles. The van der Waals surface area contributed by atoms with Crippen LogP contribution in [0.25, 0.3) is 0 Å². The second-order valence-corrected chi connectivity index (χ2v) is 11.1. The van der Waals surface area contributed by atoms with E-state index in [1.54, 1.807) is 51.7 Å². The maximum atomic E-state index is 13.6. The molecular weight excluding hydrogens is 422 g/mol. The zero-order valence-electron chi connectivity index (χ0n) is 21.3. The molecule has 0 spiro atoms. The van der Waals surface area contributed by atoms with Crippen LogP contribution < -0.4 is 10.6 Å². The van der Waals surface area contributed by atoms with Crippen molar-refractivity contribution in [3.63, 3.8) is 0 Å². The van der Waals surface area contributed by atoms with E-state index < -0.39 is 29.3 Å². The van der Waals surface area contributed by atoms with E-state index in [1.807, 2.05) is 27.7 Å². The van der Waals surface area contributed by atoms with Crippen molar-refractivity contribution in [3.05, 3.63) is 29.3 Å². The second kappa shape index (κ2) is 9.61. The van der Waals surface area contributed by atoms with Crippen LogP contribution in [0.4, 0.5) is 4.79 Å². The van der Waals surface area contributed by atoms with E-state index in [9.17, 15) is 19.5 Å². The SMILES string of the molecule is Cc1cc(C(C(=O)NC(C)(C)C)N(C(=O)C(C)NC(=O)OC(C)(C)C)C2CC2C)ccc1O. The van der Waals surface area contributed by atoms with Crippen molar-refractivity contribution < 1.29 is 24.2 Å². The van der Waals surface area contributed by atoms with Gasteiger partial charge in [0.25, 0.3) is 0 Å². The molecule has 0 aromatic heterocycles. The Hall–Kier alpha value is -2.77. The van der Waals surface area contributed by atoms with Crippen molar-refractivity contribution in [1.29, 1.82) is 0 Å². The van der Waals surface area contributed by atoms with Crippen LogP contribution in [0.1, 0.15) is 79.0 Å². The van der Waals surface area contributed by atoms with Crippen LogP contribution in [0, 0.1) is 12.8 Å². The molecule has 3 amide bonds. The van der Waals surface area contributed by atoms with E-state index in [2.05, 4.69) is 10.6 Å². The largest absolute Gasteiger partial charge is 0.508 e. The first-order chi connectivity index (χ1) is 15.0. The van der Waals surface area contributed by atoms with Gasteiger partial charge < -0.3 is 25.4 Å². The molecule has 2 rings (SSSR count). The van der Waals surface area contributed by atoms with Crippen molar-refractivity contribution in [2.45, 2.75) is 98.0 Å². The number of benzene rings is 1. The molecule has 3 N–H and O–H groups in total. The highest BCUT2D eigenvalue weighted by molar-refractivity contribution is 5.92. The van der Waals surface area contributed by atoms with Crippen molar-refractivity contribution >= 4 is 17.9 Å². The van der Waals surface area contributed by atoms with Gasteiger partial charge in [0.2, 0.25) is 11.8 Å². The third-order valence-electron chi connectivity index (χ3n) is 5.34. The Morgan fingerprint density at radius 3 is 2.18 bits per heavy atom. The Kier molecular flexibility index (Phi) is 7.71. The molecule has 184 valence electrons. The van der Waals surface area contributed by atoms with Crippen LogP contribution in [0.15, 0.2) is 18.2 Å². The summed E-state index contributed by atoms with van der Waals surface area (Å²) in [6.07, 6.45) is 0.0738. The average Bonchev–Trinajstić information content (AvgIpc) is 3.34. The lowest BCUT2D eigenvalue weighted by Gasteiger charge is -2.36. The number of aromatic hydroxyl groups is 1. The molecule has 4 unspecified atom stereocenters. The first kappa shape index (κ1) is 26.5. The predicted molar refractivity (Wildman–Crippen MR) is 127 cm³/mol. The molecule has 1 aromatic rings. The molecule has 0 saturated heterocycles. The number of phenols is 1. The number of hydrogen-bond donors (Lipinski definition) is 3. The van der Waals surface area contributed by atoms with Gasteiger partial charge in [0.15, 0.2) is 0 Å². The van der Waals surface area contributed by atoms with Gasteiger partial charge in [0, 0.05) is 11.6 Å². The molecule has 0 heterocycles. The molecule has 1 fully saturated rings. The predicted octanol–water partition coefficient (Wildman–Crippen LogP) is 3.81. The van der Waals surface area contributed by atoms with Crippen LogP contribution in [0.2, 0.25) is 0 Å². The minimum Gasteiger partial charge on any atom is -0.508 e. The van der Waals surface area contributed by atoms with Crippen LogP contribution in [0.3, 0.4) is 0 Å². The molecule has 8 heteroatoms. The van der Waals surface area contributed by atoms with Crippen molar-refractivity contribution in [3.8, 4) is 5.75 Å². The van der Waals surface area contributed by atoms with Gasteiger partial charge in [0.05, 0.1) is 0 Å². The molecule has 4 atom stereocenters. The fourth-order valence-corrected chi connectivity index (χ4v) is 3.67. The lowest BCUT2D eigenvalue weighted by molar-refractivity contribution is -0.143. The third kappa shape index (κ3) is 7.37. The zero-order chi connectivity index (χ0) is 25.3. The average molecular weight is 462 g/mol. The summed E-state index contributed by atoms with van der Waals surface area (Å²) in [7, 11) is 0. The maximum absolute atomic E-state index is 13.6. The standard InChI is InChI=1S/C25H39N3O5/c1-14-13-18(14)28(22(31)16(3)26-23(32)33-25(7,8)9)20(21(30)27-24(4,5)6)17-10-11-19(29)15(2)12-17/h10-12,14,16,18,20,29H,13H2,1-9H3,(H,26,32)(H,27,30). The minimum atomic E-state index is -0.908. The summed E-state index contributed by atoms with van der Waals surface area (Å²) in [5.41, 5.74) is 0.00290. The Bertz CT molecular complexity index is 900. The molecule has 1 aliphatic rings. The Morgan fingerprint density at radius 1 is 1.15 bits per heavy atom. The van der Waals surface area contributed by atoms with Gasteiger partial charge in [-0.2, -0.15) is 0 Å². The van der Waals surface area contributed by atoms with Crippen LogP contribution in [-0.4, -0.2) is 51.1 Å². The second-order valence-electron chi connectivity index (χ2n) is 11.1. The van der Waals surface area contributed by atoms with Gasteiger partial charge in [-0.1, -0.05) is 13.0 Å². The number of ether oxygens (including phenoxy) is 1. The number of carbonyl (C=O) groups excluding carboxylic acids is 3. The van der Waals surface area contributed by atoms with Gasteiger partial charge in [-0.05, 0) is 91.0 Å². The first-order valence-corrected chi connectivity index (χ1v) is 11.4. The molecular formula is C25H39N3O5. The summed E-state index contributed by atoms with van der Waals surface area (Å²) in [6, 6.07) is 2.98. The summed E-state index contributed by atoms with van der Waals surface area (Å²) in [4.78, 5) is 41.0. The van der Waals surface area contributed by atoms with E-state index >= 15 is 0 Å². The quantitative estimate of drug-likeness (QED) is 0.597. The van der Waals surface area contributed by atoms with E-state index in [1.165, 1.54) is 6.07 Å². The maximum Gasteiger partial charge on any atom is 0.408 e. The number of nitrogens with zero attached hydrogens (tertiary/aromatic N) is 1. The van der Waals surface area contributed by atoms with Crippen molar-refractivity contribution in [2.75, 3.05) is 0 Å². The third-order valence-corrected chi connectivity index (χ3v) is 5.34. The smallest absolute Gasteiger partial charge is 0.408 e. The fourth-order valence-electron chi connectivity index (χ4n) is 3.67. The molecule has 1 saturated carbocycles. The van der Waals surface area contributed by atoms with E-state index in [0.29, 0.717) is 11.1 Å². The monoisotopic (exact) mass is 461 g/mol. The van der Waals surface area contributed by atoms with Gasteiger partial charge in [-0.3, -0.25) is 9.59 Å². The van der Waals surface area contributed by atoms with Gasteiger partial charge in [-0.25, -0.2) is 4.79 Å². The lowest BCUT2D eigenvalue weighted by Crippen LogP contribution is -2.54. The number of nitrogens with one attached hydrogen (secondary N) is 2. The van der Waals surface area contributed by atoms with E-state index in [-0.39, 0.29) is 29.5 Å². The zero-order valence-corrected chi connectivity index (χ0v) is 21.3. The van der Waals surface area contributed by atoms with Crippen molar-refractivity contribution in [1.82, 2.24) is 15.5 Å². The van der Waals surface area contributed by atoms with Crippen LogP contribution in [-0.2, 0) is 14.3 Å². The first-order valence-electron chi connectivity index (χ1n) is 11.4. The highest BCUT2D eigenvalue weighted by Gasteiger charge is 2.48. The number of aryl methyl sites for hydroxylation is 1. The summed E-state index contributed by atoms with van der Waals surface area (Å²) in [6.45, 7) is 16.2. The number of carbonyl (C=O) groups is 3. The number of amides is 3. The minimum absolute atomic E-state index is 0.117. The highest BCUT2D eigenvalue weighted by atomic mass is 16.6. The number of alkyl carbamates (subject to hydrolysis) is 1. The molecule has 0 bridgehead atoms. The summed E-state index contributed by atoms with van der Waals surface area (Å²) in [5.74, 6) is -0.336. The topological polar surface area (TPSA) is 108 Å². The number of phenolic OH excluding ortho intramolecular Hbond substituents is 1. The molecule has 8 nitrogen and oxygen atoms in total. The molecule has 1 aromatic carbocycles. The molecule has 0 radical (unpaired) electrons. The Morgan fingerprint density at radius 2 is 1.73 bits per heavy atom. The lowest BCUT2D eigenvalue weighted by atomic mass is 9.98. The van der Waals surface area contributed by atoms with Crippen molar-refractivity contribution in [2.24, 2.45) is 5.92 Å². The summed E-state index contributed by atoms with van der Waals surface area (Å²) >= 11 is 0. The summed E-state index contributed by atoms with van der Waals surface area (Å²) in [5, 5.41) is 15.6. The van der Waals surface area contributed by atoms with E-state index in [0.717, 1.165) is 6.42 Å². The summed E-state index contributed by atoms with van der Waals surface area (Å²) < 4.78 is 5.29. The normalized spacial score (nSPS) is 19.8.